The van der Waals surface area contributed by atoms with Crippen LogP contribution in [0.15, 0.2) is 59.3 Å². The number of carbonyl (C=O) groups excluding carboxylic acids is 1. The first-order valence-electron chi connectivity index (χ1n) is 8.00. The van der Waals surface area contributed by atoms with E-state index in [0.29, 0.717) is 37.0 Å². The Morgan fingerprint density at radius 2 is 1.96 bits per heavy atom. The summed E-state index contributed by atoms with van der Waals surface area (Å²) in [5.41, 5.74) is 0.639. The molecule has 0 atom stereocenters. The van der Waals surface area contributed by atoms with E-state index in [2.05, 4.69) is 20.4 Å². The third kappa shape index (κ3) is 5.13. The van der Waals surface area contributed by atoms with Gasteiger partial charge in [0.2, 0.25) is 17.6 Å². The van der Waals surface area contributed by atoms with E-state index in [1.165, 1.54) is 0 Å². The Bertz CT molecular complexity index is 790. The summed E-state index contributed by atoms with van der Waals surface area (Å²) in [6, 6.07) is 14.9. The second-order valence-electron chi connectivity index (χ2n) is 5.24. The molecule has 0 bridgehead atoms. The number of pyridine rings is 1. The van der Waals surface area contributed by atoms with Gasteiger partial charge in [-0.15, -0.1) is 0 Å². The van der Waals surface area contributed by atoms with Crippen LogP contribution in [-0.2, 0) is 11.2 Å². The molecule has 1 N–H and O–H groups in total. The van der Waals surface area contributed by atoms with Crippen molar-refractivity contribution in [3.63, 3.8) is 0 Å². The van der Waals surface area contributed by atoms with Gasteiger partial charge in [0.1, 0.15) is 18.1 Å². The molecule has 0 saturated carbocycles. The Hall–Kier alpha value is -3.22. The Morgan fingerprint density at radius 1 is 1.12 bits per heavy atom. The molecule has 2 heterocycles. The summed E-state index contributed by atoms with van der Waals surface area (Å²) in [6.45, 7) is 0.858. The van der Waals surface area contributed by atoms with E-state index >= 15 is 0 Å². The van der Waals surface area contributed by atoms with E-state index in [1.54, 1.807) is 12.3 Å². The van der Waals surface area contributed by atoms with Crippen LogP contribution in [0.1, 0.15) is 12.3 Å². The number of aryl methyl sites for hydroxylation is 1. The number of benzene rings is 1. The molecule has 7 nitrogen and oxygen atoms in total. The van der Waals surface area contributed by atoms with Crippen molar-refractivity contribution in [3.8, 4) is 17.3 Å². The van der Waals surface area contributed by atoms with E-state index in [0.717, 1.165) is 5.75 Å². The number of rotatable bonds is 8. The summed E-state index contributed by atoms with van der Waals surface area (Å²) < 4.78 is 10.7. The first-order chi connectivity index (χ1) is 12.3. The van der Waals surface area contributed by atoms with Gasteiger partial charge in [-0.2, -0.15) is 4.98 Å². The van der Waals surface area contributed by atoms with E-state index in [1.807, 2.05) is 42.5 Å². The number of ether oxygens (including phenoxy) is 1. The minimum atomic E-state index is -0.0887. The molecular weight excluding hydrogens is 320 g/mol. The van der Waals surface area contributed by atoms with Crippen molar-refractivity contribution >= 4 is 5.91 Å². The minimum absolute atomic E-state index is 0.0887. The van der Waals surface area contributed by atoms with E-state index in [9.17, 15) is 4.79 Å². The molecule has 0 aliphatic heterocycles. The van der Waals surface area contributed by atoms with Crippen LogP contribution < -0.4 is 10.1 Å². The fraction of sp³-hybridized carbons (Fsp3) is 0.222. The highest BCUT2D eigenvalue weighted by Crippen LogP contribution is 2.12. The van der Waals surface area contributed by atoms with Crippen LogP contribution in [0, 0.1) is 0 Å². The molecule has 128 valence electrons. The van der Waals surface area contributed by atoms with Crippen molar-refractivity contribution in [2.75, 3.05) is 13.2 Å². The monoisotopic (exact) mass is 338 g/mol. The van der Waals surface area contributed by atoms with Gasteiger partial charge in [-0.1, -0.05) is 29.4 Å². The molecule has 0 aliphatic carbocycles. The molecule has 0 fully saturated rings. The van der Waals surface area contributed by atoms with Crippen LogP contribution >= 0.6 is 0 Å². The largest absolute Gasteiger partial charge is 0.492 e. The normalized spacial score (nSPS) is 10.4. The molecule has 3 rings (SSSR count). The summed E-state index contributed by atoms with van der Waals surface area (Å²) in [5, 5.41) is 6.67. The van der Waals surface area contributed by atoms with Gasteiger partial charge >= 0.3 is 0 Å². The van der Waals surface area contributed by atoms with E-state index in [-0.39, 0.29) is 12.3 Å². The molecule has 1 amide bonds. The number of carbonyl (C=O) groups is 1. The molecule has 0 radical (unpaired) electrons. The fourth-order valence-corrected chi connectivity index (χ4v) is 2.14. The van der Waals surface area contributed by atoms with Gasteiger partial charge in [0.15, 0.2) is 0 Å². The molecule has 25 heavy (non-hydrogen) atoms. The zero-order valence-corrected chi connectivity index (χ0v) is 13.6. The molecule has 1 aromatic carbocycles. The average molecular weight is 338 g/mol. The maximum absolute atomic E-state index is 11.8. The Balaban J connectivity index is 1.37. The minimum Gasteiger partial charge on any atom is -0.492 e. The Labute approximate surface area is 145 Å². The lowest BCUT2D eigenvalue weighted by atomic mass is 10.3. The smallest absolute Gasteiger partial charge is 0.227 e. The highest BCUT2D eigenvalue weighted by molar-refractivity contribution is 5.76. The predicted molar refractivity (Wildman–Crippen MR) is 90.8 cm³/mol. The maximum Gasteiger partial charge on any atom is 0.227 e. The van der Waals surface area contributed by atoms with Crippen molar-refractivity contribution < 1.29 is 14.1 Å². The van der Waals surface area contributed by atoms with Gasteiger partial charge in [-0.25, -0.2) is 0 Å². The predicted octanol–water partition coefficient (Wildman–Crippen LogP) is 2.26. The number of hydrogen-bond donors (Lipinski definition) is 1. The third-order valence-electron chi connectivity index (χ3n) is 3.36. The van der Waals surface area contributed by atoms with Crippen molar-refractivity contribution in [1.29, 1.82) is 0 Å². The van der Waals surface area contributed by atoms with Crippen LogP contribution in [0.25, 0.3) is 11.5 Å². The standard InChI is InChI=1S/C18H18N4O3/c23-16(20-12-13-24-14-6-2-1-3-7-14)9-10-17-21-18(22-25-17)15-8-4-5-11-19-15/h1-8,11H,9-10,12-13H2,(H,20,23). The van der Waals surface area contributed by atoms with Crippen LogP contribution in [0.4, 0.5) is 0 Å². The fourth-order valence-electron chi connectivity index (χ4n) is 2.14. The van der Waals surface area contributed by atoms with E-state index in [4.69, 9.17) is 9.26 Å². The number of hydrogen-bond acceptors (Lipinski definition) is 6. The maximum atomic E-state index is 11.8. The first-order valence-corrected chi connectivity index (χ1v) is 8.00. The summed E-state index contributed by atoms with van der Waals surface area (Å²) in [6.07, 6.45) is 2.32. The zero-order valence-electron chi connectivity index (χ0n) is 13.6. The second-order valence-corrected chi connectivity index (χ2v) is 5.24. The first kappa shape index (κ1) is 16.6. The summed E-state index contributed by atoms with van der Waals surface area (Å²) in [4.78, 5) is 20.2. The summed E-state index contributed by atoms with van der Waals surface area (Å²) in [7, 11) is 0. The molecule has 2 aromatic heterocycles. The molecule has 0 aliphatic rings. The van der Waals surface area contributed by atoms with Gasteiger partial charge in [-0.05, 0) is 24.3 Å². The van der Waals surface area contributed by atoms with Gasteiger partial charge in [0.25, 0.3) is 0 Å². The van der Waals surface area contributed by atoms with Gasteiger partial charge in [0, 0.05) is 19.0 Å². The number of nitrogens with zero attached hydrogens (tertiary/aromatic N) is 3. The SMILES string of the molecule is O=C(CCc1nc(-c2ccccn2)no1)NCCOc1ccccc1. The third-order valence-corrected chi connectivity index (χ3v) is 3.36. The quantitative estimate of drug-likeness (QED) is 0.634. The number of para-hydroxylation sites is 1. The molecule has 0 saturated heterocycles. The molecule has 3 aromatic rings. The zero-order chi connectivity index (χ0) is 17.3. The number of amides is 1. The van der Waals surface area contributed by atoms with Gasteiger partial charge in [0.05, 0.1) is 6.54 Å². The van der Waals surface area contributed by atoms with Gasteiger partial charge in [-0.3, -0.25) is 9.78 Å². The number of nitrogens with one attached hydrogen (secondary N) is 1. The Kier molecular flexibility index (Phi) is 5.71. The molecule has 0 spiro atoms. The van der Waals surface area contributed by atoms with Crippen molar-refractivity contribution in [1.82, 2.24) is 20.4 Å². The topological polar surface area (TPSA) is 90.1 Å². The molecule has 7 heteroatoms. The van der Waals surface area contributed by atoms with E-state index < -0.39 is 0 Å². The van der Waals surface area contributed by atoms with Crippen LogP contribution in [0.5, 0.6) is 5.75 Å². The lowest BCUT2D eigenvalue weighted by molar-refractivity contribution is -0.121. The second kappa shape index (κ2) is 8.58. The average Bonchev–Trinajstić information content (AvgIpc) is 3.14. The van der Waals surface area contributed by atoms with Crippen molar-refractivity contribution in [2.24, 2.45) is 0 Å². The highest BCUT2D eigenvalue weighted by Gasteiger charge is 2.11. The molecular formula is C18H18N4O3. The molecule has 0 unspecified atom stereocenters. The number of aromatic nitrogens is 3. The van der Waals surface area contributed by atoms with Crippen molar-refractivity contribution in [2.45, 2.75) is 12.8 Å². The lowest BCUT2D eigenvalue weighted by Crippen LogP contribution is -2.28. The lowest BCUT2D eigenvalue weighted by Gasteiger charge is -2.07. The van der Waals surface area contributed by atoms with Crippen LogP contribution in [-0.4, -0.2) is 34.2 Å². The van der Waals surface area contributed by atoms with Gasteiger partial charge < -0.3 is 14.6 Å². The highest BCUT2D eigenvalue weighted by atomic mass is 16.5. The summed E-state index contributed by atoms with van der Waals surface area (Å²) >= 11 is 0. The summed E-state index contributed by atoms with van der Waals surface area (Å²) in [5.74, 6) is 1.53. The van der Waals surface area contributed by atoms with Crippen LogP contribution in [0.2, 0.25) is 0 Å². The van der Waals surface area contributed by atoms with Crippen LogP contribution in [0.3, 0.4) is 0 Å². The Morgan fingerprint density at radius 3 is 2.76 bits per heavy atom. The van der Waals surface area contributed by atoms with Crippen molar-refractivity contribution in [3.05, 3.63) is 60.6 Å².